The summed E-state index contributed by atoms with van der Waals surface area (Å²) in [5.74, 6) is -0.382. The van der Waals surface area contributed by atoms with E-state index in [-0.39, 0.29) is 5.97 Å². The van der Waals surface area contributed by atoms with Crippen molar-refractivity contribution in [1.29, 1.82) is 0 Å². The molecule has 0 radical (unpaired) electrons. The zero-order valence-electron chi connectivity index (χ0n) is 11.4. The first-order valence-corrected chi connectivity index (χ1v) is 6.90. The quantitative estimate of drug-likeness (QED) is 0.496. The molecule has 4 nitrogen and oxygen atoms in total. The number of hydrogen-bond acceptors (Lipinski definition) is 4. The van der Waals surface area contributed by atoms with E-state index >= 15 is 0 Å². The van der Waals surface area contributed by atoms with Crippen molar-refractivity contribution in [1.82, 2.24) is 5.16 Å². The highest BCUT2D eigenvalue weighted by Crippen LogP contribution is 2.14. The number of ether oxygens (including phenoxy) is 1. The molecular weight excluding hydrogens is 230 g/mol. The third-order valence-corrected chi connectivity index (χ3v) is 2.91. The number of nitrogens with zero attached hydrogens (tertiary/aromatic N) is 1. The summed E-state index contributed by atoms with van der Waals surface area (Å²) in [6.45, 7) is 4.36. The van der Waals surface area contributed by atoms with Crippen LogP contribution in [-0.4, -0.2) is 17.7 Å². The first kappa shape index (κ1) is 14.7. The van der Waals surface area contributed by atoms with Crippen molar-refractivity contribution in [2.75, 3.05) is 6.61 Å². The highest BCUT2D eigenvalue weighted by Gasteiger charge is 2.16. The van der Waals surface area contributed by atoms with E-state index in [1.54, 1.807) is 13.2 Å². The fourth-order valence-electron chi connectivity index (χ4n) is 1.90. The summed E-state index contributed by atoms with van der Waals surface area (Å²) >= 11 is 0. The summed E-state index contributed by atoms with van der Waals surface area (Å²) in [6.07, 6.45) is 9.77. The Hall–Kier alpha value is -1.32. The number of esters is 1. The third kappa shape index (κ3) is 4.90. The Kier molecular flexibility index (Phi) is 7.14. The first-order chi connectivity index (χ1) is 8.79. The first-order valence-electron chi connectivity index (χ1n) is 6.90. The van der Waals surface area contributed by atoms with Crippen LogP contribution in [0.4, 0.5) is 0 Å². The molecule has 0 unspecified atom stereocenters. The summed E-state index contributed by atoms with van der Waals surface area (Å²) in [5.41, 5.74) is 1.20. The lowest BCUT2D eigenvalue weighted by Crippen LogP contribution is -2.07. The molecule has 1 aromatic rings. The lowest BCUT2D eigenvalue weighted by Gasteiger charge is -2.02. The molecule has 0 saturated carbocycles. The monoisotopic (exact) mass is 253 g/mol. The third-order valence-electron chi connectivity index (χ3n) is 2.91. The Labute approximate surface area is 109 Å². The van der Waals surface area contributed by atoms with Crippen molar-refractivity contribution >= 4 is 5.97 Å². The van der Waals surface area contributed by atoms with Crippen LogP contribution in [0.15, 0.2) is 10.8 Å². The number of carbonyl (C=O) groups excluding carboxylic acids is 1. The van der Waals surface area contributed by atoms with E-state index in [0.717, 1.165) is 18.4 Å². The van der Waals surface area contributed by atoms with Crippen molar-refractivity contribution < 1.29 is 14.1 Å². The largest absolute Gasteiger partial charge is 0.461 e. The average Bonchev–Trinajstić information content (AvgIpc) is 2.82. The van der Waals surface area contributed by atoms with Crippen LogP contribution in [0.1, 0.15) is 68.4 Å². The molecule has 0 spiro atoms. The maximum atomic E-state index is 11.6. The minimum absolute atomic E-state index is 0.338. The smallest absolute Gasteiger partial charge is 0.360 e. The van der Waals surface area contributed by atoms with Gasteiger partial charge in [0.1, 0.15) is 6.26 Å². The van der Waals surface area contributed by atoms with Crippen molar-refractivity contribution in [2.24, 2.45) is 0 Å². The Morgan fingerprint density at radius 1 is 1.22 bits per heavy atom. The van der Waals surface area contributed by atoms with Crippen LogP contribution >= 0.6 is 0 Å². The fraction of sp³-hybridized carbons (Fsp3) is 0.714. The van der Waals surface area contributed by atoms with E-state index in [4.69, 9.17) is 9.26 Å². The van der Waals surface area contributed by atoms with Gasteiger partial charge in [-0.1, -0.05) is 44.2 Å². The number of hydrogen-bond donors (Lipinski definition) is 0. The van der Waals surface area contributed by atoms with Crippen LogP contribution in [0.2, 0.25) is 0 Å². The fourth-order valence-corrected chi connectivity index (χ4v) is 1.90. The molecule has 0 saturated heterocycles. The molecule has 1 rings (SSSR count). The Morgan fingerprint density at radius 3 is 2.67 bits per heavy atom. The molecule has 0 N–H and O–H groups in total. The molecule has 0 aromatic carbocycles. The lowest BCUT2D eigenvalue weighted by atomic mass is 10.1. The predicted molar refractivity (Wildman–Crippen MR) is 69.5 cm³/mol. The van der Waals surface area contributed by atoms with Gasteiger partial charge in [0.2, 0.25) is 0 Å². The molecule has 0 bridgehead atoms. The van der Waals surface area contributed by atoms with E-state index in [0.29, 0.717) is 12.3 Å². The molecular formula is C14H23NO3. The second-order valence-corrected chi connectivity index (χ2v) is 4.43. The second kappa shape index (κ2) is 8.72. The van der Waals surface area contributed by atoms with Gasteiger partial charge in [-0.2, -0.15) is 0 Å². The highest BCUT2D eigenvalue weighted by molar-refractivity contribution is 5.88. The maximum Gasteiger partial charge on any atom is 0.360 e. The van der Waals surface area contributed by atoms with E-state index in [1.165, 1.54) is 32.1 Å². The molecule has 0 atom stereocenters. The van der Waals surface area contributed by atoms with Gasteiger partial charge in [0, 0.05) is 5.56 Å². The van der Waals surface area contributed by atoms with Crippen molar-refractivity contribution in [2.45, 2.75) is 58.8 Å². The molecule has 0 fully saturated rings. The van der Waals surface area contributed by atoms with Crippen LogP contribution < -0.4 is 0 Å². The average molecular weight is 253 g/mol. The molecule has 18 heavy (non-hydrogen) atoms. The van der Waals surface area contributed by atoms with Crippen LogP contribution in [0.3, 0.4) is 0 Å². The zero-order valence-corrected chi connectivity index (χ0v) is 11.4. The SMILES string of the molecule is CCCCCCCCc1conc1C(=O)OCC. The van der Waals surface area contributed by atoms with E-state index in [2.05, 4.69) is 12.1 Å². The van der Waals surface area contributed by atoms with Gasteiger partial charge in [-0.3, -0.25) is 0 Å². The zero-order chi connectivity index (χ0) is 13.2. The van der Waals surface area contributed by atoms with Crippen molar-refractivity contribution in [3.8, 4) is 0 Å². The van der Waals surface area contributed by atoms with Crippen LogP contribution in [0, 0.1) is 0 Å². The number of unbranched alkanes of at least 4 members (excludes halogenated alkanes) is 5. The number of rotatable bonds is 9. The standard InChI is InChI=1S/C14H23NO3/c1-3-5-6-7-8-9-10-12-11-18-15-13(12)14(16)17-4-2/h11H,3-10H2,1-2H3. The normalized spacial score (nSPS) is 10.6. The van der Waals surface area contributed by atoms with Gasteiger partial charge < -0.3 is 9.26 Å². The second-order valence-electron chi connectivity index (χ2n) is 4.43. The predicted octanol–water partition coefficient (Wildman–Crippen LogP) is 3.75. The minimum Gasteiger partial charge on any atom is -0.461 e. The summed E-state index contributed by atoms with van der Waals surface area (Å²) in [7, 11) is 0. The molecule has 102 valence electrons. The molecule has 4 heteroatoms. The van der Waals surface area contributed by atoms with Gasteiger partial charge in [-0.05, 0) is 19.8 Å². The Bertz CT molecular complexity index is 347. The summed E-state index contributed by atoms with van der Waals surface area (Å²) in [4.78, 5) is 11.6. The minimum atomic E-state index is -0.382. The molecule has 0 aliphatic carbocycles. The van der Waals surface area contributed by atoms with Gasteiger partial charge in [-0.15, -0.1) is 0 Å². The Balaban J connectivity index is 2.30. The van der Waals surface area contributed by atoms with Crippen LogP contribution in [0.5, 0.6) is 0 Å². The summed E-state index contributed by atoms with van der Waals surface area (Å²) in [6, 6.07) is 0. The lowest BCUT2D eigenvalue weighted by molar-refractivity contribution is 0.0513. The van der Waals surface area contributed by atoms with E-state index in [1.807, 2.05) is 0 Å². The van der Waals surface area contributed by atoms with E-state index in [9.17, 15) is 4.79 Å². The number of aryl methyl sites for hydroxylation is 1. The van der Waals surface area contributed by atoms with Gasteiger partial charge >= 0.3 is 5.97 Å². The maximum absolute atomic E-state index is 11.6. The molecule has 1 aromatic heterocycles. The van der Waals surface area contributed by atoms with Gasteiger partial charge in [0.15, 0.2) is 5.69 Å². The van der Waals surface area contributed by atoms with Gasteiger partial charge in [0.25, 0.3) is 0 Å². The van der Waals surface area contributed by atoms with Crippen molar-refractivity contribution in [3.63, 3.8) is 0 Å². The summed E-state index contributed by atoms with van der Waals surface area (Å²) in [5, 5.41) is 3.71. The molecule has 0 amide bonds. The molecule has 0 aliphatic rings. The topological polar surface area (TPSA) is 52.3 Å². The van der Waals surface area contributed by atoms with Crippen molar-refractivity contribution in [3.05, 3.63) is 17.5 Å². The van der Waals surface area contributed by atoms with Gasteiger partial charge in [0.05, 0.1) is 6.61 Å². The van der Waals surface area contributed by atoms with E-state index < -0.39 is 0 Å². The molecule has 1 heterocycles. The molecule has 0 aliphatic heterocycles. The van der Waals surface area contributed by atoms with Gasteiger partial charge in [-0.25, -0.2) is 4.79 Å². The highest BCUT2D eigenvalue weighted by atomic mass is 16.5. The summed E-state index contributed by atoms with van der Waals surface area (Å²) < 4.78 is 9.78. The van der Waals surface area contributed by atoms with Crippen LogP contribution in [-0.2, 0) is 11.2 Å². The number of aromatic nitrogens is 1. The Morgan fingerprint density at radius 2 is 1.94 bits per heavy atom. The number of carbonyl (C=O) groups is 1. The van der Waals surface area contributed by atoms with Crippen LogP contribution in [0.25, 0.3) is 0 Å².